The van der Waals surface area contributed by atoms with Gasteiger partial charge < -0.3 is 61.9 Å². The summed E-state index contributed by atoms with van der Waals surface area (Å²) in [6.45, 7) is 11.9. The van der Waals surface area contributed by atoms with Crippen molar-refractivity contribution in [2.45, 2.75) is 156 Å². The van der Waals surface area contributed by atoms with Gasteiger partial charge in [-0.15, -0.1) is 0 Å². The van der Waals surface area contributed by atoms with E-state index in [0.717, 1.165) is 198 Å². The molecule has 5 unspecified atom stereocenters. The summed E-state index contributed by atoms with van der Waals surface area (Å²) in [6, 6.07) is 87.0. The molecule has 0 saturated carbocycles. The third kappa shape index (κ3) is 19.9. The lowest BCUT2D eigenvalue weighted by Crippen LogP contribution is -2.38. The second kappa shape index (κ2) is 42.8. The van der Waals surface area contributed by atoms with E-state index in [9.17, 15) is 14.4 Å². The first kappa shape index (κ1) is 97.3. The molecule has 746 valence electrons. The number of fused-ring (bicyclic) bond motifs is 12. The van der Waals surface area contributed by atoms with Gasteiger partial charge in [0.2, 0.25) is 0 Å². The lowest BCUT2D eigenvalue weighted by molar-refractivity contribution is -0.135. The third-order valence-corrected chi connectivity index (χ3v) is 33.0. The van der Waals surface area contributed by atoms with Gasteiger partial charge in [0.05, 0.1) is 55.7 Å². The van der Waals surface area contributed by atoms with Crippen LogP contribution in [0.15, 0.2) is 249 Å². The normalized spacial score (nSPS) is 20.9. The van der Waals surface area contributed by atoms with E-state index in [4.69, 9.17) is 52.1 Å². The number of amides is 2. The van der Waals surface area contributed by atoms with Crippen molar-refractivity contribution in [1.82, 2.24) is 19.6 Å². The second-order valence-electron chi connectivity index (χ2n) is 41.3. The number of Topliss-reactive ketones (excluding diaryl/α,β-unsaturated/α-hetero) is 1. The first-order chi connectivity index (χ1) is 71.0. The van der Waals surface area contributed by atoms with Crippen molar-refractivity contribution < 1.29 is 66.5 Å². The number of carbonyl (C=O) groups excluding carboxylic acids is 3. The summed E-state index contributed by atoms with van der Waals surface area (Å²) in [5, 5.41) is 0. The zero-order valence-corrected chi connectivity index (χ0v) is 85.0. The Morgan fingerprint density at radius 2 is 0.579 bits per heavy atom. The standard InChI is InChI=1S/C32H33NO5.C32H33NO4.C32H35NO3.C31H33NO2/c1-36-24-9-6-21(7-10-24)30-31(35)27-17-25(37-2)12-13-28(27)32(30)18-22-8-11-26(16-23(22)19-32)38-20-29(34)33-14-4-3-5-15-33;1-35-26-9-6-22(7-10-26)30-18-24-16-27(36-2)12-13-29(24)32(30)19-23-8-11-28(17-25(23)20-32)37-21-31(34)33-14-4-3-5-15-33;1-34-27-9-6-23(7-10-27)31-20-25-18-28(35-2)12-13-30(25)32(31)21-24-8-11-29(19-26(24)22-32)36-17-16-33-14-4-3-5-15-33;1-33-27-12-13-29-25(18-27)20-30(23-8-4-2-5-9-23)31(29)21-24-10-11-28(19-26(24)22-31)34-17-16-32-14-6-3-7-15-32/h6-13,16-17,30H,3-5,14-15,18-20H2,1-2H3;6-13,16-18H,3-5,14-15,19-21H2,1-2H3;6-13,18-20H,3-5,14-17,21-22H2,1-2H3;2,4-5,8-13,18-20H,3,6-7,14-17,21-22H2,1H3. The van der Waals surface area contributed by atoms with Crippen LogP contribution in [0.1, 0.15) is 199 Å². The highest BCUT2D eigenvalue weighted by atomic mass is 16.5. The van der Waals surface area contributed by atoms with Crippen LogP contribution in [0.2, 0.25) is 0 Å². The number of piperidine rings is 4. The SMILES string of the molecule is COc1ccc(C2=Cc3cc(OC)ccc3C23Cc2ccc(OCC(=O)N4CCCCC4)cc2C3)cc1.COc1ccc(C2=Cc3cc(OC)ccc3C23Cc2ccc(OCCN4CCCCC4)cc2C3)cc1.COc1ccc(C2C(=O)c3cc(OC)ccc3C23Cc2ccc(OCC(=O)N4CCCCC4)cc2C3)cc1.COc1ccc2c(c1)C=C(c1ccccc1)C21Cc2ccc(OCCN3CCCCC3)cc2C1. The van der Waals surface area contributed by atoms with Gasteiger partial charge >= 0.3 is 0 Å². The van der Waals surface area contributed by atoms with Gasteiger partial charge in [0.25, 0.3) is 11.8 Å². The maximum absolute atomic E-state index is 14.0. The van der Waals surface area contributed by atoms with E-state index in [1.54, 1.807) is 49.8 Å². The first-order valence-corrected chi connectivity index (χ1v) is 52.5. The monoisotopic (exact) mass is 1940 g/mol. The van der Waals surface area contributed by atoms with E-state index in [0.29, 0.717) is 11.5 Å². The summed E-state index contributed by atoms with van der Waals surface area (Å²) in [6.07, 6.45) is 29.1. The Balaban J connectivity index is 0.000000114. The van der Waals surface area contributed by atoms with Gasteiger partial charge in [0.1, 0.15) is 76.5 Å². The predicted molar refractivity (Wildman–Crippen MR) is 574 cm³/mol. The predicted octanol–water partition coefficient (Wildman–Crippen LogP) is 23.1. The maximum Gasteiger partial charge on any atom is 0.260 e. The van der Waals surface area contributed by atoms with Crippen molar-refractivity contribution >= 4 is 52.5 Å². The molecule has 5 atom stereocenters. The summed E-state index contributed by atoms with van der Waals surface area (Å²) >= 11 is 0. The minimum atomic E-state index is -0.391. The van der Waals surface area contributed by atoms with Crippen LogP contribution in [0.3, 0.4) is 0 Å². The summed E-state index contributed by atoms with van der Waals surface area (Å²) in [7, 11) is 11.9. The van der Waals surface area contributed by atoms with Crippen LogP contribution in [-0.4, -0.2) is 179 Å². The number of ether oxygens (including phenoxy) is 11. The zero-order chi connectivity index (χ0) is 99.2. The number of hydrogen-bond donors (Lipinski definition) is 0. The molecule has 4 fully saturated rings. The van der Waals surface area contributed by atoms with Crippen molar-refractivity contribution in [3.8, 4) is 63.2 Å². The zero-order valence-electron chi connectivity index (χ0n) is 85.0. The molecule has 145 heavy (non-hydrogen) atoms. The Kier molecular flexibility index (Phi) is 28.7. The van der Waals surface area contributed by atoms with Gasteiger partial charge in [-0.1, -0.05) is 128 Å². The Morgan fingerprint density at radius 1 is 0.283 bits per heavy atom. The number of rotatable bonds is 25. The lowest BCUT2D eigenvalue weighted by Gasteiger charge is -2.32. The highest BCUT2D eigenvalue weighted by Gasteiger charge is 2.56. The fourth-order valence-electron chi connectivity index (χ4n) is 25.6. The van der Waals surface area contributed by atoms with Gasteiger partial charge in [-0.2, -0.15) is 0 Å². The average Bonchev–Trinajstić information content (AvgIpc) is 1.54. The number of ketones is 1. The van der Waals surface area contributed by atoms with Crippen LogP contribution in [-0.2, 0) is 82.6 Å². The molecule has 12 aromatic carbocycles. The Bertz CT molecular complexity index is 6840. The molecule has 0 aromatic heterocycles. The van der Waals surface area contributed by atoms with Crippen molar-refractivity contribution in [2.75, 3.05) is 142 Å². The molecule has 4 saturated heterocycles. The smallest absolute Gasteiger partial charge is 0.260 e. The van der Waals surface area contributed by atoms with E-state index >= 15 is 0 Å². The first-order valence-electron chi connectivity index (χ1n) is 52.5. The number of nitrogens with zero attached hydrogens (tertiary/aromatic N) is 4. The summed E-state index contributed by atoms with van der Waals surface area (Å²) in [5.74, 6) is 9.28. The number of allylic oxidation sites excluding steroid dienone is 3. The van der Waals surface area contributed by atoms with Crippen LogP contribution in [0.4, 0.5) is 0 Å². The molecule has 18 nitrogen and oxygen atoms in total. The Labute approximate surface area is 854 Å². The largest absolute Gasteiger partial charge is 0.497 e. The third-order valence-electron chi connectivity index (χ3n) is 33.0. The lowest BCUT2D eigenvalue weighted by atomic mass is 9.69. The topological polar surface area (TPSA) is 166 Å². The molecule has 4 heterocycles. The molecule has 12 aromatic rings. The highest BCUT2D eigenvalue weighted by Crippen LogP contribution is 2.61. The molecule has 0 radical (unpaired) electrons. The molecule has 8 aliphatic carbocycles. The fourth-order valence-corrected chi connectivity index (χ4v) is 25.6. The van der Waals surface area contributed by atoms with Crippen molar-refractivity contribution in [2.24, 2.45) is 0 Å². The van der Waals surface area contributed by atoms with Crippen LogP contribution in [0.25, 0.3) is 34.9 Å². The molecular weight excluding hydrogens is 1810 g/mol. The molecule has 2 amide bonds. The van der Waals surface area contributed by atoms with Gasteiger partial charge in [-0.3, -0.25) is 24.2 Å². The van der Waals surface area contributed by atoms with Crippen LogP contribution in [0.5, 0.6) is 63.2 Å². The van der Waals surface area contributed by atoms with Gasteiger partial charge in [0, 0.05) is 66.5 Å². The van der Waals surface area contributed by atoms with Crippen LogP contribution >= 0.6 is 0 Å². The molecule has 0 N–H and O–H groups in total. The van der Waals surface area contributed by atoms with Crippen molar-refractivity contribution in [1.29, 1.82) is 0 Å². The van der Waals surface area contributed by atoms with Gasteiger partial charge in [-0.05, 0) is 416 Å². The average molecular weight is 1940 g/mol. The number of benzene rings is 12. The highest BCUT2D eigenvalue weighted by molar-refractivity contribution is 6.08. The van der Waals surface area contributed by atoms with Crippen LogP contribution < -0.4 is 52.1 Å². The summed E-state index contributed by atoms with van der Waals surface area (Å²) in [5.41, 5.74) is 28.6. The van der Waals surface area contributed by atoms with Crippen LogP contribution in [0, 0.1) is 0 Å². The van der Waals surface area contributed by atoms with Crippen molar-refractivity contribution in [3.05, 3.63) is 360 Å². The molecule has 0 bridgehead atoms. The van der Waals surface area contributed by atoms with E-state index in [2.05, 4.69) is 216 Å². The molecular formula is C127H134N4O14. The molecule has 4 spiro atoms. The van der Waals surface area contributed by atoms with Crippen molar-refractivity contribution in [3.63, 3.8) is 0 Å². The van der Waals surface area contributed by atoms with Gasteiger partial charge in [0.15, 0.2) is 19.0 Å². The molecule has 12 aliphatic rings. The second-order valence-corrected chi connectivity index (χ2v) is 41.3. The Hall–Kier alpha value is -13.8. The van der Waals surface area contributed by atoms with E-state index < -0.39 is 5.41 Å². The number of likely N-dealkylation sites (tertiary alicyclic amines) is 4. The summed E-state index contributed by atoms with van der Waals surface area (Å²) in [4.78, 5) is 48.1. The maximum atomic E-state index is 14.0. The van der Waals surface area contributed by atoms with E-state index in [1.807, 2.05) is 70.5 Å². The number of hydrogen-bond acceptors (Lipinski definition) is 16. The van der Waals surface area contributed by atoms with E-state index in [1.165, 1.54) is 189 Å². The molecule has 18 heteroatoms. The Morgan fingerprint density at radius 3 is 0.952 bits per heavy atom. The molecule has 24 rings (SSSR count). The molecule has 4 aliphatic heterocycles. The van der Waals surface area contributed by atoms with Gasteiger partial charge in [-0.25, -0.2) is 0 Å². The minimum absolute atomic E-state index is 0.0300. The van der Waals surface area contributed by atoms with E-state index in [-0.39, 0.29) is 53.0 Å². The summed E-state index contributed by atoms with van der Waals surface area (Å²) < 4.78 is 62.7. The minimum Gasteiger partial charge on any atom is -0.497 e. The quantitative estimate of drug-likeness (QED) is 0.0530. The number of methoxy groups -OCH3 is 7. The fraction of sp³-hybridized carbons (Fsp3) is 0.362. The number of carbonyl (C=O) groups is 3.